The van der Waals surface area contributed by atoms with E-state index in [2.05, 4.69) is 21.2 Å². The second kappa shape index (κ2) is 8.25. The number of rotatable bonds is 6. The first kappa shape index (κ1) is 21.5. The quantitative estimate of drug-likeness (QED) is 0.616. The van der Waals surface area contributed by atoms with Crippen molar-refractivity contribution in [3.8, 4) is 0 Å². The third kappa shape index (κ3) is 4.68. The number of anilines is 1. The Bertz CT molecular complexity index is 1080. The maximum atomic E-state index is 13.0. The van der Waals surface area contributed by atoms with Crippen molar-refractivity contribution in [2.75, 3.05) is 17.3 Å². The Kier molecular flexibility index (Phi) is 6.11. The number of amides is 3. The Labute approximate surface area is 181 Å². The molecular formula is C19H16BrClN2O5S. The van der Waals surface area contributed by atoms with Gasteiger partial charge in [-0.15, -0.1) is 0 Å². The summed E-state index contributed by atoms with van der Waals surface area (Å²) in [5.74, 6) is -2.35. The van der Waals surface area contributed by atoms with Gasteiger partial charge in [0.15, 0.2) is 0 Å². The molecule has 0 saturated heterocycles. The summed E-state index contributed by atoms with van der Waals surface area (Å²) < 4.78 is 24.0. The van der Waals surface area contributed by atoms with Crippen molar-refractivity contribution in [2.24, 2.45) is 0 Å². The highest BCUT2D eigenvalue weighted by Gasteiger charge is 2.42. The van der Waals surface area contributed by atoms with Gasteiger partial charge in [-0.3, -0.25) is 19.3 Å². The topological polar surface area (TPSA) is 101 Å². The predicted octanol–water partition coefficient (Wildman–Crippen LogP) is 3.14. The van der Waals surface area contributed by atoms with Crippen molar-refractivity contribution in [1.82, 2.24) is 4.90 Å². The van der Waals surface area contributed by atoms with Crippen molar-refractivity contribution in [1.29, 1.82) is 0 Å². The maximum absolute atomic E-state index is 13.0. The minimum absolute atomic E-state index is 0.177. The summed E-state index contributed by atoms with van der Waals surface area (Å²) in [7, 11) is -3.43. The first-order valence-electron chi connectivity index (χ1n) is 8.49. The smallest absolute Gasteiger partial charge is 0.262 e. The number of benzene rings is 2. The van der Waals surface area contributed by atoms with E-state index in [1.54, 1.807) is 30.3 Å². The molecular weight excluding hydrogens is 484 g/mol. The van der Waals surface area contributed by atoms with Gasteiger partial charge in [0.1, 0.15) is 15.9 Å². The third-order valence-electron chi connectivity index (χ3n) is 4.39. The maximum Gasteiger partial charge on any atom is 0.262 e. The molecule has 7 nitrogen and oxygen atoms in total. The molecule has 0 saturated carbocycles. The van der Waals surface area contributed by atoms with Crippen LogP contribution in [-0.4, -0.2) is 49.1 Å². The number of halogens is 2. The lowest BCUT2D eigenvalue weighted by Crippen LogP contribution is -2.48. The van der Waals surface area contributed by atoms with Crippen molar-refractivity contribution >= 4 is 60.8 Å². The third-order valence-corrected chi connectivity index (χ3v) is 6.17. The number of hydrogen-bond acceptors (Lipinski definition) is 5. The van der Waals surface area contributed by atoms with E-state index in [9.17, 15) is 22.8 Å². The number of sulfone groups is 1. The highest BCUT2D eigenvalue weighted by molar-refractivity contribution is 9.10. The van der Waals surface area contributed by atoms with Crippen LogP contribution in [0.15, 0.2) is 46.9 Å². The molecule has 1 aliphatic heterocycles. The lowest BCUT2D eigenvalue weighted by Gasteiger charge is -2.25. The zero-order valence-electron chi connectivity index (χ0n) is 15.2. The molecule has 1 heterocycles. The van der Waals surface area contributed by atoms with Crippen molar-refractivity contribution in [3.63, 3.8) is 0 Å². The minimum atomic E-state index is -3.43. The Morgan fingerprint density at radius 1 is 1.14 bits per heavy atom. The second-order valence-corrected chi connectivity index (χ2v) is 10.2. The number of carbonyl (C=O) groups is 3. The van der Waals surface area contributed by atoms with Gasteiger partial charge < -0.3 is 5.32 Å². The predicted molar refractivity (Wildman–Crippen MR) is 113 cm³/mol. The molecule has 1 N–H and O–H groups in total. The Morgan fingerprint density at radius 3 is 2.24 bits per heavy atom. The van der Waals surface area contributed by atoms with Gasteiger partial charge in [-0.25, -0.2) is 8.42 Å². The average Bonchev–Trinajstić information content (AvgIpc) is 2.89. The van der Waals surface area contributed by atoms with E-state index in [1.807, 2.05) is 0 Å². The van der Waals surface area contributed by atoms with Gasteiger partial charge in [-0.2, -0.15) is 0 Å². The number of nitrogens with one attached hydrogen (secondary N) is 1. The van der Waals surface area contributed by atoms with Gasteiger partial charge in [-0.1, -0.05) is 39.7 Å². The van der Waals surface area contributed by atoms with Crippen LogP contribution in [0.5, 0.6) is 0 Å². The van der Waals surface area contributed by atoms with Gasteiger partial charge in [-0.05, 0) is 36.8 Å². The summed E-state index contributed by atoms with van der Waals surface area (Å²) in [5.41, 5.74) is 0.633. The fraction of sp³-hybridized carbons (Fsp3) is 0.211. The monoisotopic (exact) mass is 498 g/mol. The van der Waals surface area contributed by atoms with Crippen molar-refractivity contribution in [3.05, 3.63) is 63.1 Å². The van der Waals surface area contributed by atoms with E-state index in [1.165, 1.54) is 12.1 Å². The summed E-state index contributed by atoms with van der Waals surface area (Å²) in [5, 5.41) is 2.83. The molecule has 2 aromatic rings. The van der Waals surface area contributed by atoms with Crippen molar-refractivity contribution in [2.45, 2.75) is 12.5 Å². The number of carbonyl (C=O) groups excluding carboxylic acids is 3. The fourth-order valence-corrected chi connectivity index (χ4v) is 4.37. The largest absolute Gasteiger partial charge is 0.323 e. The van der Waals surface area contributed by atoms with Gasteiger partial charge in [0.2, 0.25) is 5.91 Å². The fourth-order valence-electron chi connectivity index (χ4n) is 3.00. The molecule has 0 aliphatic carbocycles. The van der Waals surface area contributed by atoms with E-state index >= 15 is 0 Å². The van der Waals surface area contributed by atoms with Gasteiger partial charge >= 0.3 is 0 Å². The van der Waals surface area contributed by atoms with Crippen LogP contribution in [0.1, 0.15) is 27.1 Å². The normalized spacial score (nSPS) is 14.7. The average molecular weight is 500 g/mol. The van der Waals surface area contributed by atoms with Crippen LogP contribution < -0.4 is 5.32 Å². The summed E-state index contributed by atoms with van der Waals surface area (Å²) >= 11 is 9.39. The Morgan fingerprint density at radius 2 is 1.72 bits per heavy atom. The summed E-state index contributed by atoms with van der Waals surface area (Å²) in [6.45, 7) is 0. The summed E-state index contributed by atoms with van der Waals surface area (Å²) in [4.78, 5) is 39.4. The first-order chi connectivity index (χ1) is 13.6. The molecule has 3 amide bonds. The molecule has 0 radical (unpaired) electrons. The molecule has 29 heavy (non-hydrogen) atoms. The highest BCUT2D eigenvalue weighted by atomic mass is 79.9. The molecule has 1 unspecified atom stereocenters. The van der Waals surface area contributed by atoms with Crippen LogP contribution in [0.25, 0.3) is 0 Å². The van der Waals surface area contributed by atoms with Gasteiger partial charge in [0.05, 0.1) is 27.6 Å². The zero-order chi connectivity index (χ0) is 21.3. The highest BCUT2D eigenvalue weighted by Crippen LogP contribution is 2.29. The van der Waals surface area contributed by atoms with Crippen LogP contribution in [0.2, 0.25) is 5.02 Å². The molecule has 10 heteroatoms. The molecule has 152 valence electrons. The Balaban J connectivity index is 1.93. The summed E-state index contributed by atoms with van der Waals surface area (Å²) in [6, 6.07) is 9.69. The number of nitrogens with zero attached hydrogens (tertiary/aromatic N) is 1. The molecule has 2 aromatic carbocycles. The number of hydrogen-bond donors (Lipinski definition) is 1. The van der Waals surface area contributed by atoms with E-state index in [4.69, 9.17) is 11.6 Å². The molecule has 0 spiro atoms. The van der Waals surface area contributed by atoms with E-state index < -0.39 is 33.6 Å². The minimum Gasteiger partial charge on any atom is -0.323 e. The molecule has 3 rings (SSSR count). The van der Waals surface area contributed by atoms with Crippen LogP contribution in [0.3, 0.4) is 0 Å². The molecule has 1 aliphatic rings. The zero-order valence-corrected chi connectivity index (χ0v) is 18.3. The number of fused-ring (bicyclic) bond motifs is 1. The van der Waals surface area contributed by atoms with Crippen LogP contribution in [0.4, 0.5) is 5.69 Å². The lowest BCUT2D eigenvalue weighted by atomic mass is 10.1. The molecule has 0 fully saturated rings. The molecule has 0 aromatic heterocycles. The van der Waals surface area contributed by atoms with E-state index in [0.717, 1.165) is 11.2 Å². The van der Waals surface area contributed by atoms with Crippen molar-refractivity contribution < 1.29 is 22.8 Å². The molecule has 0 bridgehead atoms. The number of imide groups is 1. The van der Waals surface area contributed by atoms with E-state index in [-0.39, 0.29) is 34.0 Å². The second-order valence-electron chi connectivity index (χ2n) is 6.57. The standard InChI is InChI=1S/C19H16BrClN2O5S/c1-29(27,28)9-8-16(17(24)22-15-7-6-11(20)10-14(15)21)23-18(25)12-4-2-3-5-13(12)19(23)26/h2-7,10,16H,8-9H2,1H3,(H,22,24). The Hall–Kier alpha value is -2.23. The summed E-state index contributed by atoms with van der Waals surface area (Å²) in [6.07, 6.45) is 0.792. The first-order valence-corrected chi connectivity index (χ1v) is 11.7. The van der Waals surface area contributed by atoms with Gasteiger partial charge in [0.25, 0.3) is 11.8 Å². The van der Waals surface area contributed by atoms with E-state index in [0.29, 0.717) is 4.47 Å². The van der Waals surface area contributed by atoms with Crippen LogP contribution in [-0.2, 0) is 14.6 Å². The van der Waals surface area contributed by atoms with Gasteiger partial charge in [0, 0.05) is 10.7 Å². The van der Waals surface area contributed by atoms with Crippen LogP contribution in [0, 0.1) is 0 Å². The SMILES string of the molecule is CS(=O)(=O)CCC(C(=O)Nc1ccc(Br)cc1Cl)N1C(=O)c2ccccc2C1=O. The van der Waals surface area contributed by atoms with Crippen LogP contribution >= 0.6 is 27.5 Å². The molecule has 1 atom stereocenters. The lowest BCUT2D eigenvalue weighted by molar-refractivity contribution is -0.120.